The van der Waals surface area contributed by atoms with E-state index in [4.69, 9.17) is 0 Å². The van der Waals surface area contributed by atoms with Gasteiger partial charge in [0, 0.05) is 71.4 Å². The number of hydrogen-bond acceptors (Lipinski definition) is 4. The van der Waals surface area contributed by atoms with Gasteiger partial charge in [-0.2, -0.15) is 0 Å². The molecule has 13 rings (SSSR count). The highest BCUT2D eigenvalue weighted by Gasteiger charge is 2.21. The number of nitrogens with zero attached hydrogens (tertiary/aromatic N) is 3. The van der Waals surface area contributed by atoms with Crippen molar-refractivity contribution in [3.8, 4) is 22.3 Å². The van der Waals surface area contributed by atoms with Gasteiger partial charge in [-0.1, -0.05) is 176 Å². The van der Waals surface area contributed by atoms with E-state index < -0.39 is 0 Å². The lowest BCUT2D eigenvalue weighted by atomic mass is 10.0. The van der Waals surface area contributed by atoms with Gasteiger partial charge in [-0.15, -0.1) is 11.3 Å². The van der Waals surface area contributed by atoms with Gasteiger partial charge >= 0.3 is 0 Å². The van der Waals surface area contributed by atoms with Crippen LogP contribution in [0.1, 0.15) is 0 Å². The minimum atomic E-state index is 1.06. The molecule has 0 amide bonds. The Morgan fingerprint density at radius 1 is 0.194 bits per heavy atom. The molecular weight excluding hydrogens is 891 g/mol. The molecule has 13 aromatic rings. The third-order valence-electron chi connectivity index (χ3n) is 13.8. The SMILES string of the molecule is c1ccc(-c2ccc(N(c3ccc(-c4ccccc4)cc3)c3cccc(N(c4ccc5ccccc5c4)c4ccc5c(c4)sc4ccc(N(c6ccccc6)c6ccc7ccccc7c6)cc45)c3)cc2)cc1. The lowest BCUT2D eigenvalue weighted by molar-refractivity contribution is 1.25. The van der Waals surface area contributed by atoms with Crippen LogP contribution in [-0.2, 0) is 0 Å². The molecule has 0 spiro atoms. The second kappa shape index (κ2) is 18.6. The Hall–Kier alpha value is -9.22. The molecule has 340 valence electrons. The van der Waals surface area contributed by atoms with Crippen LogP contribution in [0.15, 0.2) is 285 Å². The van der Waals surface area contributed by atoms with Gasteiger partial charge in [0.05, 0.1) is 0 Å². The predicted molar refractivity (Wildman–Crippen MR) is 309 cm³/mol. The van der Waals surface area contributed by atoms with E-state index in [0.29, 0.717) is 0 Å². The van der Waals surface area contributed by atoms with Gasteiger partial charge in [0.1, 0.15) is 0 Å². The quantitative estimate of drug-likeness (QED) is 0.128. The molecule has 0 bridgehead atoms. The summed E-state index contributed by atoms with van der Waals surface area (Å²) < 4.78 is 2.49. The number of anilines is 9. The van der Waals surface area contributed by atoms with E-state index in [1.165, 1.54) is 64.0 Å². The first-order valence-corrected chi connectivity index (χ1v) is 25.3. The summed E-state index contributed by atoms with van der Waals surface area (Å²) in [5.41, 5.74) is 14.6. The zero-order valence-electron chi connectivity index (χ0n) is 39.4. The maximum atomic E-state index is 2.41. The van der Waals surface area contributed by atoms with E-state index in [9.17, 15) is 0 Å². The third-order valence-corrected chi connectivity index (χ3v) is 14.9. The van der Waals surface area contributed by atoms with Crippen LogP contribution in [0.4, 0.5) is 51.2 Å². The van der Waals surface area contributed by atoms with E-state index in [1.807, 2.05) is 11.3 Å². The molecule has 0 saturated carbocycles. The molecule has 0 unspecified atom stereocenters. The number of fused-ring (bicyclic) bond motifs is 5. The van der Waals surface area contributed by atoms with Crippen LogP contribution in [0.5, 0.6) is 0 Å². The minimum absolute atomic E-state index is 1.06. The highest BCUT2D eigenvalue weighted by molar-refractivity contribution is 7.25. The molecule has 0 aliphatic heterocycles. The monoisotopic (exact) mass is 937 g/mol. The Kier molecular flexibility index (Phi) is 11.1. The van der Waals surface area contributed by atoms with Crippen molar-refractivity contribution in [1.29, 1.82) is 0 Å². The largest absolute Gasteiger partial charge is 0.310 e. The van der Waals surface area contributed by atoms with Gasteiger partial charge in [0.25, 0.3) is 0 Å². The Labute approximate surface area is 424 Å². The van der Waals surface area contributed by atoms with Gasteiger partial charge in [0.2, 0.25) is 0 Å². The standard InChI is InChI=1S/C68H47N3S/c1-4-15-48(16-5-1)52-27-33-57(34-28-52)69(58-35-29-53(30-36-58)49-17-6-2-7-18-49)59-25-14-26-60(45-59)71(62-38-32-51-20-11-13-22-55(51)44-62)64-39-41-65-66-46-63(40-42-67(66)72-68(65)47-64)70(56-23-8-3-9-24-56)61-37-31-50-19-10-12-21-54(50)43-61/h1-47H. The summed E-state index contributed by atoms with van der Waals surface area (Å²) in [6.07, 6.45) is 0. The lowest BCUT2D eigenvalue weighted by Crippen LogP contribution is -2.13. The average molecular weight is 938 g/mol. The summed E-state index contributed by atoms with van der Waals surface area (Å²) in [6.45, 7) is 0. The fourth-order valence-corrected chi connectivity index (χ4v) is 11.3. The molecule has 0 atom stereocenters. The minimum Gasteiger partial charge on any atom is -0.310 e. The molecule has 0 radical (unpaired) electrons. The van der Waals surface area contributed by atoms with Crippen molar-refractivity contribution in [2.75, 3.05) is 14.7 Å². The Balaban J connectivity index is 0.929. The van der Waals surface area contributed by atoms with Crippen molar-refractivity contribution < 1.29 is 0 Å². The number of rotatable bonds is 11. The van der Waals surface area contributed by atoms with Gasteiger partial charge < -0.3 is 14.7 Å². The maximum absolute atomic E-state index is 2.41. The molecule has 12 aromatic carbocycles. The van der Waals surface area contributed by atoms with Crippen LogP contribution in [0.3, 0.4) is 0 Å². The number of thiophene rings is 1. The average Bonchev–Trinajstić information content (AvgIpc) is 3.82. The molecule has 72 heavy (non-hydrogen) atoms. The summed E-state index contributed by atoms with van der Waals surface area (Å²) in [6, 6.07) is 103. The molecule has 3 nitrogen and oxygen atoms in total. The maximum Gasteiger partial charge on any atom is 0.0482 e. The summed E-state index contributed by atoms with van der Waals surface area (Å²) >= 11 is 1.85. The highest BCUT2D eigenvalue weighted by atomic mass is 32.1. The van der Waals surface area contributed by atoms with Crippen LogP contribution in [0, 0.1) is 0 Å². The zero-order valence-corrected chi connectivity index (χ0v) is 40.2. The van der Waals surface area contributed by atoms with Crippen molar-refractivity contribution in [1.82, 2.24) is 0 Å². The molecule has 0 saturated heterocycles. The second-order valence-electron chi connectivity index (χ2n) is 18.2. The van der Waals surface area contributed by atoms with Crippen molar-refractivity contribution in [2.24, 2.45) is 0 Å². The second-order valence-corrected chi connectivity index (χ2v) is 19.3. The van der Waals surface area contributed by atoms with Crippen LogP contribution >= 0.6 is 11.3 Å². The first kappa shape index (κ1) is 42.8. The van der Waals surface area contributed by atoms with Gasteiger partial charge in [-0.05, 0) is 153 Å². The molecule has 4 heteroatoms. The number of hydrogen-bond donors (Lipinski definition) is 0. The molecule has 1 aromatic heterocycles. The fraction of sp³-hybridized carbons (Fsp3) is 0. The van der Waals surface area contributed by atoms with Gasteiger partial charge in [0.15, 0.2) is 0 Å². The number of benzene rings is 12. The van der Waals surface area contributed by atoms with Crippen LogP contribution in [-0.4, -0.2) is 0 Å². The molecule has 0 fully saturated rings. The summed E-state index contributed by atoms with van der Waals surface area (Å²) in [5.74, 6) is 0. The van der Waals surface area contributed by atoms with Gasteiger partial charge in [-0.25, -0.2) is 0 Å². The van der Waals surface area contributed by atoms with Gasteiger partial charge in [-0.3, -0.25) is 0 Å². The van der Waals surface area contributed by atoms with Crippen LogP contribution in [0.25, 0.3) is 64.0 Å². The van der Waals surface area contributed by atoms with E-state index in [1.54, 1.807) is 0 Å². The molecular formula is C68H47N3S. The Morgan fingerprint density at radius 2 is 0.556 bits per heavy atom. The van der Waals surface area contributed by atoms with Crippen LogP contribution < -0.4 is 14.7 Å². The molecule has 0 aliphatic carbocycles. The van der Waals surface area contributed by atoms with Crippen LogP contribution in [0.2, 0.25) is 0 Å². The van der Waals surface area contributed by atoms with Crippen molar-refractivity contribution >= 4 is 104 Å². The summed E-state index contributed by atoms with van der Waals surface area (Å²) in [5, 5.41) is 7.34. The first-order chi connectivity index (χ1) is 35.7. The zero-order chi connectivity index (χ0) is 47.8. The summed E-state index contributed by atoms with van der Waals surface area (Å²) in [4.78, 5) is 7.16. The Bertz CT molecular complexity index is 3950. The predicted octanol–water partition coefficient (Wildman–Crippen LogP) is 20.1. The van der Waals surface area contributed by atoms with Crippen molar-refractivity contribution in [3.05, 3.63) is 285 Å². The van der Waals surface area contributed by atoms with Crippen molar-refractivity contribution in [3.63, 3.8) is 0 Å². The first-order valence-electron chi connectivity index (χ1n) is 24.5. The molecule has 0 aliphatic rings. The highest BCUT2D eigenvalue weighted by Crippen LogP contribution is 2.46. The van der Waals surface area contributed by atoms with E-state index in [-0.39, 0.29) is 0 Å². The smallest absolute Gasteiger partial charge is 0.0482 e. The normalized spacial score (nSPS) is 11.3. The third kappa shape index (κ3) is 8.20. The molecule has 0 N–H and O–H groups in total. The number of para-hydroxylation sites is 1. The topological polar surface area (TPSA) is 9.72 Å². The van der Waals surface area contributed by atoms with E-state index in [0.717, 1.165) is 51.2 Å². The lowest BCUT2D eigenvalue weighted by Gasteiger charge is -2.30. The summed E-state index contributed by atoms with van der Waals surface area (Å²) in [7, 11) is 0. The van der Waals surface area contributed by atoms with E-state index in [2.05, 4.69) is 300 Å². The Morgan fingerprint density at radius 3 is 1.11 bits per heavy atom. The van der Waals surface area contributed by atoms with E-state index >= 15 is 0 Å². The van der Waals surface area contributed by atoms with Crippen molar-refractivity contribution in [2.45, 2.75) is 0 Å². The fourth-order valence-electron chi connectivity index (χ4n) is 10.2. The molecule has 1 heterocycles.